The lowest BCUT2D eigenvalue weighted by Gasteiger charge is -2.07. The minimum absolute atomic E-state index is 0.00868. The Morgan fingerprint density at radius 3 is 2.33 bits per heavy atom. The molecule has 0 aliphatic heterocycles. The Balaban J connectivity index is 2.16. The molecule has 0 radical (unpaired) electrons. The summed E-state index contributed by atoms with van der Waals surface area (Å²) in [7, 11) is -3.74. The second-order valence-corrected chi connectivity index (χ2v) is 5.99. The van der Waals surface area contributed by atoms with E-state index < -0.39 is 10.0 Å². The van der Waals surface area contributed by atoms with Crippen molar-refractivity contribution in [3.8, 4) is 0 Å². The fraction of sp³-hybridized carbons (Fsp3) is 0.0714. The Kier molecular flexibility index (Phi) is 4.37. The lowest BCUT2D eigenvalue weighted by Crippen LogP contribution is -2.14. The average molecular weight is 305 g/mol. The van der Waals surface area contributed by atoms with E-state index in [4.69, 9.17) is 10.9 Å². The fourth-order valence-corrected chi connectivity index (χ4v) is 2.29. The molecular weight excluding hydrogens is 290 g/mol. The van der Waals surface area contributed by atoms with Gasteiger partial charge in [0.05, 0.1) is 4.90 Å². The number of carbonyl (C=O) groups excluding carboxylic acids is 1. The normalized spacial score (nSPS) is 11.1. The molecule has 6 nitrogen and oxygen atoms in total. The van der Waals surface area contributed by atoms with Crippen LogP contribution in [0.1, 0.15) is 15.9 Å². The van der Waals surface area contributed by atoms with Crippen LogP contribution in [0.4, 0.5) is 5.69 Å². The predicted molar refractivity (Wildman–Crippen MR) is 80.1 cm³/mol. The van der Waals surface area contributed by atoms with Crippen molar-refractivity contribution in [1.82, 2.24) is 0 Å². The van der Waals surface area contributed by atoms with Crippen LogP contribution in [-0.4, -0.2) is 14.3 Å². The third-order valence-corrected chi connectivity index (χ3v) is 3.79. The van der Waals surface area contributed by atoms with E-state index in [1.165, 1.54) is 24.3 Å². The molecule has 5 N–H and O–H groups in total. The molecule has 0 saturated carbocycles. The number of anilines is 1. The zero-order valence-corrected chi connectivity index (χ0v) is 11.9. The average Bonchev–Trinajstić information content (AvgIpc) is 2.47. The van der Waals surface area contributed by atoms with Gasteiger partial charge in [0.15, 0.2) is 0 Å². The molecule has 7 heteroatoms. The molecule has 1 amide bonds. The van der Waals surface area contributed by atoms with Gasteiger partial charge in [0.2, 0.25) is 10.0 Å². The number of rotatable bonds is 4. The quantitative estimate of drug-likeness (QED) is 0.782. The Morgan fingerprint density at radius 2 is 1.76 bits per heavy atom. The molecule has 0 bridgehead atoms. The van der Waals surface area contributed by atoms with Crippen LogP contribution < -0.4 is 16.2 Å². The maximum Gasteiger partial charge on any atom is 0.255 e. The van der Waals surface area contributed by atoms with Gasteiger partial charge in [0.1, 0.15) is 0 Å². The molecular formula is C14H15N3O3S. The molecule has 2 rings (SSSR count). The number of nitrogens with one attached hydrogen (secondary N) is 1. The van der Waals surface area contributed by atoms with Crippen LogP contribution in [0.15, 0.2) is 53.4 Å². The number of carbonyl (C=O) groups is 1. The van der Waals surface area contributed by atoms with E-state index in [2.05, 4.69) is 5.32 Å². The summed E-state index contributed by atoms with van der Waals surface area (Å²) in [4.78, 5) is 12.1. The van der Waals surface area contributed by atoms with Crippen LogP contribution in [0, 0.1) is 0 Å². The second kappa shape index (κ2) is 6.04. The van der Waals surface area contributed by atoms with Crippen molar-refractivity contribution in [3.05, 3.63) is 59.7 Å². The minimum Gasteiger partial charge on any atom is -0.326 e. The maximum absolute atomic E-state index is 12.1. The summed E-state index contributed by atoms with van der Waals surface area (Å²) in [5.74, 6) is -0.298. The number of nitrogens with two attached hydrogens (primary N) is 2. The SMILES string of the molecule is NCc1cccc(C(=O)Nc2ccc(S(N)(=O)=O)cc2)c1. The second-order valence-electron chi connectivity index (χ2n) is 4.43. The van der Waals surface area contributed by atoms with Gasteiger partial charge in [-0.1, -0.05) is 12.1 Å². The van der Waals surface area contributed by atoms with E-state index in [-0.39, 0.29) is 10.8 Å². The highest BCUT2D eigenvalue weighted by Crippen LogP contribution is 2.14. The van der Waals surface area contributed by atoms with Gasteiger partial charge < -0.3 is 11.1 Å². The lowest BCUT2D eigenvalue weighted by atomic mass is 10.1. The van der Waals surface area contributed by atoms with Gasteiger partial charge in [-0.05, 0) is 42.0 Å². The van der Waals surface area contributed by atoms with Crippen LogP contribution >= 0.6 is 0 Å². The highest BCUT2D eigenvalue weighted by atomic mass is 32.2. The van der Waals surface area contributed by atoms with Gasteiger partial charge in [0.25, 0.3) is 5.91 Å². The zero-order chi connectivity index (χ0) is 15.5. The fourth-order valence-electron chi connectivity index (χ4n) is 1.77. The van der Waals surface area contributed by atoms with Crippen molar-refractivity contribution in [2.75, 3.05) is 5.32 Å². The molecule has 110 valence electrons. The smallest absolute Gasteiger partial charge is 0.255 e. The summed E-state index contributed by atoms with van der Waals surface area (Å²) in [6, 6.07) is 12.6. The zero-order valence-electron chi connectivity index (χ0n) is 11.1. The summed E-state index contributed by atoms with van der Waals surface area (Å²) in [5, 5.41) is 7.68. The Labute approximate surface area is 122 Å². The number of primary sulfonamides is 1. The van der Waals surface area contributed by atoms with Crippen LogP contribution in [-0.2, 0) is 16.6 Å². The van der Waals surface area contributed by atoms with E-state index in [9.17, 15) is 13.2 Å². The first-order valence-electron chi connectivity index (χ1n) is 6.13. The van der Waals surface area contributed by atoms with Crippen LogP contribution in [0.2, 0.25) is 0 Å². The molecule has 0 atom stereocenters. The monoisotopic (exact) mass is 305 g/mol. The minimum atomic E-state index is -3.74. The molecule has 0 saturated heterocycles. The van der Waals surface area contributed by atoms with Crippen molar-refractivity contribution in [1.29, 1.82) is 0 Å². The molecule has 0 spiro atoms. The van der Waals surface area contributed by atoms with Gasteiger partial charge in [-0.3, -0.25) is 4.79 Å². The molecule has 0 unspecified atom stereocenters. The van der Waals surface area contributed by atoms with Gasteiger partial charge in [0, 0.05) is 17.8 Å². The van der Waals surface area contributed by atoms with E-state index in [1.54, 1.807) is 18.2 Å². The van der Waals surface area contributed by atoms with Gasteiger partial charge >= 0.3 is 0 Å². The summed E-state index contributed by atoms with van der Waals surface area (Å²) >= 11 is 0. The van der Waals surface area contributed by atoms with Crippen molar-refractivity contribution in [3.63, 3.8) is 0 Å². The summed E-state index contributed by atoms with van der Waals surface area (Å²) in [5.41, 5.74) is 7.34. The molecule has 0 aliphatic carbocycles. The first-order chi connectivity index (χ1) is 9.90. The molecule has 21 heavy (non-hydrogen) atoms. The number of benzene rings is 2. The van der Waals surface area contributed by atoms with Crippen molar-refractivity contribution >= 4 is 21.6 Å². The van der Waals surface area contributed by atoms with Crippen molar-refractivity contribution in [2.24, 2.45) is 10.9 Å². The van der Waals surface area contributed by atoms with Crippen molar-refractivity contribution < 1.29 is 13.2 Å². The first-order valence-corrected chi connectivity index (χ1v) is 7.68. The third-order valence-electron chi connectivity index (χ3n) is 2.87. The number of amides is 1. The van der Waals surface area contributed by atoms with E-state index >= 15 is 0 Å². The summed E-state index contributed by atoms with van der Waals surface area (Å²) in [6.07, 6.45) is 0. The van der Waals surface area contributed by atoms with E-state index in [0.717, 1.165) is 5.56 Å². The largest absolute Gasteiger partial charge is 0.326 e. The standard InChI is InChI=1S/C14H15N3O3S/c15-9-10-2-1-3-11(8-10)14(18)17-12-4-6-13(7-5-12)21(16,19)20/h1-8H,9,15H2,(H,17,18)(H2,16,19,20). The topological polar surface area (TPSA) is 115 Å². The Bertz CT molecular complexity index is 755. The molecule has 0 aromatic heterocycles. The number of hydrogen-bond donors (Lipinski definition) is 3. The van der Waals surface area contributed by atoms with Crippen LogP contribution in [0.25, 0.3) is 0 Å². The lowest BCUT2D eigenvalue weighted by molar-refractivity contribution is 0.102. The molecule has 0 heterocycles. The number of hydrogen-bond acceptors (Lipinski definition) is 4. The molecule has 2 aromatic carbocycles. The third kappa shape index (κ3) is 3.88. The van der Waals surface area contributed by atoms with E-state index in [0.29, 0.717) is 17.8 Å². The van der Waals surface area contributed by atoms with Crippen LogP contribution in [0.5, 0.6) is 0 Å². The van der Waals surface area contributed by atoms with Crippen LogP contribution in [0.3, 0.4) is 0 Å². The molecule has 0 aliphatic rings. The Hall–Kier alpha value is -2.22. The highest BCUT2D eigenvalue weighted by molar-refractivity contribution is 7.89. The van der Waals surface area contributed by atoms with Gasteiger partial charge in [-0.2, -0.15) is 0 Å². The molecule has 2 aromatic rings. The molecule has 0 fully saturated rings. The number of sulfonamides is 1. The highest BCUT2D eigenvalue weighted by Gasteiger charge is 2.09. The summed E-state index contributed by atoms with van der Waals surface area (Å²) in [6.45, 7) is 0.351. The first kappa shape index (κ1) is 15.2. The summed E-state index contributed by atoms with van der Waals surface area (Å²) < 4.78 is 22.3. The predicted octanol–water partition coefficient (Wildman–Crippen LogP) is 1.04. The maximum atomic E-state index is 12.1. The van der Waals surface area contributed by atoms with Gasteiger partial charge in [-0.15, -0.1) is 0 Å². The van der Waals surface area contributed by atoms with E-state index in [1.807, 2.05) is 6.07 Å². The van der Waals surface area contributed by atoms with Crippen molar-refractivity contribution in [2.45, 2.75) is 11.4 Å². The van der Waals surface area contributed by atoms with Gasteiger partial charge in [-0.25, -0.2) is 13.6 Å². The Morgan fingerprint density at radius 1 is 1.10 bits per heavy atom.